The zero-order valence-corrected chi connectivity index (χ0v) is 16.3. The summed E-state index contributed by atoms with van der Waals surface area (Å²) in [4.78, 5) is 32.7. The molecule has 0 bridgehead atoms. The minimum Gasteiger partial charge on any atom is -0.484 e. The van der Waals surface area contributed by atoms with Crippen LogP contribution in [0, 0.1) is 0 Å². The number of aromatic nitrogens is 1. The second kappa shape index (κ2) is 9.88. The summed E-state index contributed by atoms with van der Waals surface area (Å²) in [6.07, 6.45) is 6.13. The van der Waals surface area contributed by atoms with Gasteiger partial charge in [-0.1, -0.05) is 25.5 Å². The summed E-state index contributed by atoms with van der Waals surface area (Å²) in [6, 6.07) is 11.4. The lowest BCUT2D eigenvalue weighted by molar-refractivity contribution is -0.133. The van der Waals surface area contributed by atoms with Crippen molar-refractivity contribution in [2.24, 2.45) is 0 Å². The Balaban J connectivity index is 1.49. The number of carbonyl (C=O) groups excluding carboxylic acids is 2. The maximum atomic E-state index is 12.6. The second-order valence-electron chi connectivity index (χ2n) is 6.95. The van der Waals surface area contributed by atoms with E-state index < -0.39 is 0 Å². The molecule has 1 saturated heterocycles. The zero-order chi connectivity index (χ0) is 19.8. The number of carbonyl (C=O) groups is 2. The molecule has 1 aliphatic heterocycles. The van der Waals surface area contributed by atoms with Crippen molar-refractivity contribution in [2.75, 3.05) is 32.8 Å². The van der Waals surface area contributed by atoms with E-state index in [0.29, 0.717) is 37.5 Å². The van der Waals surface area contributed by atoms with Gasteiger partial charge in [-0.15, -0.1) is 0 Å². The first-order chi connectivity index (χ1) is 13.7. The van der Waals surface area contributed by atoms with E-state index in [9.17, 15) is 9.59 Å². The Morgan fingerprint density at radius 3 is 2.50 bits per heavy atom. The summed E-state index contributed by atoms with van der Waals surface area (Å²) in [7, 11) is 0. The molecule has 0 radical (unpaired) electrons. The molecule has 0 unspecified atom stereocenters. The van der Waals surface area contributed by atoms with Crippen LogP contribution in [-0.2, 0) is 11.2 Å². The SMILES string of the molecule is CCCc1ccc(OCC(=O)N2CCCN(C(=O)c3cccnc3)CC2)cc1. The highest BCUT2D eigenvalue weighted by molar-refractivity contribution is 5.94. The summed E-state index contributed by atoms with van der Waals surface area (Å²) in [5.41, 5.74) is 1.85. The predicted octanol–water partition coefficient (Wildman–Crippen LogP) is 2.79. The predicted molar refractivity (Wildman–Crippen MR) is 107 cm³/mol. The highest BCUT2D eigenvalue weighted by Gasteiger charge is 2.23. The fourth-order valence-electron chi connectivity index (χ4n) is 3.32. The summed E-state index contributed by atoms with van der Waals surface area (Å²) >= 11 is 0. The molecule has 0 N–H and O–H groups in total. The lowest BCUT2D eigenvalue weighted by Gasteiger charge is -2.22. The summed E-state index contributed by atoms with van der Waals surface area (Å²) in [5.74, 6) is 0.621. The number of nitrogens with zero attached hydrogens (tertiary/aromatic N) is 3. The molecule has 6 heteroatoms. The lowest BCUT2D eigenvalue weighted by atomic mass is 10.1. The third-order valence-corrected chi connectivity index (χ3v) is 4.87. The summed E-state index contributed by atoms with van der Waals surface area (Å²) in [6.45, 7) is 4.47. The Labute approximate surface area is 166 Å². The van der Waals surface area contributed by atoms with Gasteiger partial charge in [0.05, 0.1) is 5.56 Å². The van der Waals surface area contributed by atoms with E-state index in [4.69, 9.17) is 4.74 Å². The smallest absolute Gasteiger partial charge is 0.260 e. The van der Waals surface area contributed by atoms with E-state index in [1.165, 1.54) is 5.56 Å². The molecule has 1 aromatic heterocycles. The van der Waals surface area contributed by atoms with E-state index >= 15 is 0 Å². The third kappa shape index (κ3) is 5.31. The Morgan fingerprint density at radius 2 is 1.79 bits per heavy atom. The first-order valence-electron chi connectivity index (χ1n) is 9.86. The van der Waals surface area contributed by atoms with Gasteiger partial charge >= 0.3 is 0 Å². The molecule has 0 aliphatic carbocycles. The van der Waals surface area contributed by atoms with Gasteiger partial charge in [-0.3, -0.25) is 14.6 Å². The lowest BCUT2D eigenvalue weighted by Crippen LogP contribution is -2.39. The van der Waals surface area contributed by atoms with Gasteiger partial charge < -0.3 is 14.5 Å². The molecule has 1 fully saturated rings. The number of amides is 2. The molecular weight excluding hydrogens is 354 g/mol. The minimum absolute atomic E-state index is 0.0175. The Hall–Kier alpha value is -2.89. The first kappa shape index (κ1) is 19.9. The van der Waals surface area contributed by atoms with Crippen LogP contribution in [0.15, 0.2) is 48.8 Å². The topological polar surface area (TPSA) is 62.7 Å². The quantitative estimate of drug-likeness (QED) is 0.772. The van der Waals surface area contributed by atoms with Gasteiger partial charge in [-0.25, -0.2) is 0 Å². The molecule has 0 saturated carbocycles. The van der Waals surface area contributed by atoms with Crippen molar-refractivity contribution in [1.82, 2.24) is 14.8 Å². The van der Waals surface area contributed by atoms with Gasteiger partial charge in [0.2, 0.25) is 0 Å². The number of benzene rings is 1. The molecule has 1 aromatic carbocycles. The van der Waals surface area contributed by atoms with E-state index in [0.717, 1.165) is 19.3 Å². The van der Waals surface area contributed by atoms with Crippen LogP contribution < -0.4 is 4.74 Å². The fourth-order valence-corrected chi connectivity index (χ4v) is 3.32. The van der Waals surface area contributed by atoms with Gasteiger partial charge in [-0.2, -0.15) is 0 Å². The molecule has 2 heterocycles. The van der Waals surface area contributed by atoms with Crippen LogP contribution in [0.4, 0.5) is 0 Å². The highest BCUT2D eigenvalue weighted by Crippen LogP contribution is 2.14. The maximum Gasteiger partial charge on any atom is 0.260 e. The van der Waals surface area contributed by atoms with Crippen LogP contribution in [0.2, 0.25) is 0 Å². The molecule has 3 rings (SSSR count). The molecule has 0 spiro atoms. The summed E-state index contributed by atoms with van der Waals surface area (Å²) in [5, 5.41) is 0. The number of hydrogen-bond donors (Lipinski definition) is 0. The van der Waals surface area contributed by atoms with Crippen LogP contribution >= 0.6 is 0 Å². The van der Waals surface area contributed by atoms with Crippen LogP contribution in [0.1, 0.15) is 35.7 Å². The Morgan fingerprint density at radius 1 is 1.04 bits per heavy atom. The highest BCUT2D eigenvalue weighted by atomic mass is 16.5. The molecule has 2 aromatic rings. The fraction of sp³-hybridized carbons (Fsp3) is 0.409. The normalized spacial score (nSPS) is 14.5. The van der Waals surface area contributed by atoms with Crippen LogP contribution in [0.3, 0.4) is 0 Å². The van der Waals surface area contributed by atoms with Crippen LogP contribution in [0.25, 0.3) is 0 Å². The largest absolute Gasteiger partial charge is 0.484 e. The third-order valence-electron chi connectivity index (χ3n) is 4.87. The van der Waals surface area contributed by atoms with Crippen molar-refractivity contribution in [3.63, 3.8) is 0 Å². The molecule has 1 aliphatic rings. The van der Waals surface area contributed by atoms with Gasteiger partial charge in [0.1, 0.15) is 5.75 Å². The van der Waals surface area contributed by atoms with Crippen molar-refractivity contribution in [3.8, 4) is 5.75 Å². The molecule has 0 atom stereocenters. The van der Waals surface area contributed by atoms with Crippen LogP contribution in [0.5, 0.6) is 5.75 Å². The minimum atomic E-state index is -0.0479. The van der Waals surface area contributed by atoms with Crippen molar-refractivity contribution in [1.29, 1.82) is 0 Å². The number of hydrogen-bond acceptors (Lipinski definition) is 4. The van der Waals surface area contributed by atoms with Gasteiger partial charge in [0.15, 0.2) is 6.61 Å². The van der Waals surface area contributed by atoms with Crippen molar-refractivity contribution in [3.05, 3.63) is 59.9 Å². The van der Waals surface area contributed by atoms with Gasteiger partial charge in [-0.05, 0) is 42.7 Å². The monoisotopic (exact) mass is 381 g/mol. The van der Waals surface area contributed by atoms with Crippen molar-refractivity contribution >= 4 is 11.8 Å². The number of rotatable bonds is 6. The molecular formula is C22H27N3O3. The van der Waals surface area contributed by atoms with E-state index in [-0.39, 0.29) is 18.4 Å². The number of ether oxygens (including phenoxy) is 1. The molecule has 2 amide bonds. The second-order valence-corrected chi connectivity index (χ2v) is 6.95. The van der Waals surface area contributed by atoms with E-state index in [1.54, 1.807) is 34.3 Å². The van der Waals surface area contributed by atoms with Crippen LogP contribution in [-0.4, -0.2) is 59.4 Å². The van der Waals surface area contributed by atoms with E-state index in [1.807, 2.05) is 24.3 Å². The molecule has 6 nitrogen and oxygen atoms in total. The first-order valence-corrected chi connectivity index (χ1v) is 9.86. The van der Waals surface area contributed by atoms with Crippen molar-refractivity contribution < 1.29 is 14.3 Å². The average molecular weight is 381 g/mol. The Bertz CT molecular complexity index is 777. The Kier molecular flexibility index (Phi) is 7.00. The van der Waals surface area contributed by atoms with Gasteiger partial charge in [0.25, 0.3) is 11.8 Å². The number of aryl methyl sites for hydroxylation is 1. The average Bonchev–Trinajstić information content (AvgIpc) is 3.00. The van der Waals surface area contributed by atoms with Crippen molar-refractivity contribution in [2.45, 2.75) is 26.2 Å². The van der Waals surface area contributed by atoms with Gasteiger partial charge in [0, 0.05) is 38.6 Å². The van der Waals surface area contributed by atoms with E-state index in [2.05, 4.69) is 11.9 Å². The standard InChI is InChI=1S/C22H27N3O3/c1-2-5-18-7-9-20(10-8-18)28-17-21(26)24-12-4-13-25(15-14-24)22(27)19-6-3-11-23-16-19/h3,6-11,16H,2,4-5,12-15,17H2,1H3. The number of pyridine rings is 1. The maximum absolute atomic E-state index is 12.6. The molecule has 148 valence electrons. The summed E-state index contributed by atoms with van der Waals surface area (Å²) < 4.78 is 5.66. The molecule has 28 heavy (non-hydrogen) atoms. The zero-order valence-electron chi connectivity index (χ0n) is 16.3.